The number of benzene rings is 1. The lowest BCUT2D eigenvalue weighted by Crippen LogP contribution is -2.23. The maximum atomic E-state index is 12.5. The molecule has 1 heterocycles. The number of halogens is 3. The van der Waals surface area contributed by atoms with Crippen molar-refractivity contribution in [1.29, 1.82) is 0 Å². The van der Waals surface area contributed by atoms with Gasteiger partial charge in [0.05, 0.1) is 11.1 Å². The summed E-state index contributed by atoms with van der Waals surface area (Å²) < 4.78 is 42.8. The molecule has 0 radical (unpaired) electrons. The zero-order valence-electron chi connectivity index (χ0n) is 12.5. The molecule has 0 bridgehead atoms. The van der Waals surface area contributed by atoms with E-state index >= 15 is 0 Å². The maximum absolute atomic E-state index is 12.5. The van der Waals surface area contributed by atoms with E-state index in [9.17, 15) is 18.0 Å². The van der Waals surface area contributed by atoms with E-state index < -0.39 is 11.7 Å². The maximum Gasteiger partial charge on any atom is 0.416 e. The fraction of sp³-hybridized carbons (Fsp3) is 0.312. The molecule has 0 saturated heterocycles. The smallest absolute Gasteiger partial charge is 0.416 e. The monoisotopic (exact) mass is 311 g/mol. The van der Waals surface area contributed by atoms with Crippen LogP contribution in [-0.4, -0.2) is 5.91 Å². The average Bonchev–Trinajstić information content (AvgIpc) is 2.69. The van der Waals surface area contributed by atoms with Gasteiger partial charge in [-0.15, -0.1) is 0 Å². The Bertz CT molecular complexity index is 685. The standard InChI is InChI=1S/C16H16F3NO2/c1-9-10(2)22-11(3)14(9)15(21)20-8-12-4-6-13(7-5-12)16(17,18)19/h4-7H,8H2,1-3H3,(H,20,21). The van der Waals surface area contributed by atoms with Gasteiger partial charge < -0.3 is 9.73 Å². The van der Waals surface area contributed by atoms with Crippen molar-refractivity contribution in [3.8, 4) is 0 Å². The van der Waals surface area contributed by atoms with Crippen molar-refractivity contribution in [1.82, 2.24) is 5.32 Å². The Morgan fingerprint density at radius 3 is 2.14 bits per heavy atom. The minimum atomic E-state index is -4.36. The molecule has 2 aromatic rings. The van der Waals surface area contributed by atoms with E-state index in [1.54, 1.807) is 20.8 Å². The summed E-state index contributed by atoms with van der Waals surface area (Å²) in [7, 11) is 0. The van der Waals surface area contributed by atoms with Crippen LogP contribution in [0.1, 0.15) is 38.6 Å². The summed E-state index contributed by atoms with van der Waals surface area (Å²) >= 11 is 0. The Morgan fingerprint density at radius 1 is 1.09 bits per heavy atom. The van der Waals surface area contributed by atoms with Gasteiger partial charge in [0.1, 0.15) is 11.5 Å². The van der Waals surface area contributed by atoms with Crippen LogP contribution in [0, 0.1) is 20.8 Å². The third-order valence-corrected chi connectivity index (χ3v) is 3.52. The molecule has 0 aliphatic carbocycles. The number of nitrogens with one attached hydrogen (secondary N) is 1. The molecule has 0 aliphatic heterocycles. The molecule has 1 amide bonds. The van der Waals surface area contributed by atoms with Crippen molar-refractivity contribution in [2.75, 3.05) is 0 Å². The Balaban J connectivity index is 2.05. The molecule has 0 atom stereocenters. The third-order valence-electron chi connectivity index (χ3n) is 3.52. The quantitative estimate of drug-likeness (QED) is 0.925. The molecule has 1 aromatic carbocycles. The van der Waals surface area contributed by atoms with Gasteiger partial charge in [-0.2, -0.15) is 13.2 Å². The zero-order valence-corrected chi connectivity index (χ0v) is 12.5. The van der Waals surface area contributed by atoms with Gasteiger partial charge in [0.15, 0.2) is 0 Å². The molecular weight excluding hydrogens is 295 g/mol. The van der Waals surface area contributed by atoms with Gasteiger partial charge >= 0.3 is 6.18 Å². The highest BCUT2D eigenvalue weighted by Crippen LogP contribution is 2.29. The van der Waals surface area contributed by atoms with Crippen LogP contribution in [0.5, 0.6) is 0 Å². The summed E-state index contributed by atoms with van der Waals surface area (Å²) in [4.78, 5) is 12.1. The molecule has 1 aromatic heterocycles. The Hall–Kier alpha value is -2.24. The van der Waals surface area contributed by atoms with Crippen LogP contribution in [0.2, 0.25) is 0 Å². The molecule has 6 heteroatoms. The molecule has 1 N–H and O–H groups in total. The average molecular weight is 311 g/mol. The van der Waals surface area contributed by atoms with Crippen LogP contribution < -0.4 is 5.32 Å². The highest BCUT2D eigenvalue weighted by molar-refractivity contribution is 5.96. The number of furan rings is 1. The fourth-order valence-corrected chi connectivity index (χ4v) is 2.21. The second-order valence-electron chi connectivity index (χ2n) is 5.09. The minimum Gasteiger partial charge on any atom is -0.466 e. The van der Waals surface area contributed by atoms with Gasteiger partial charge in [-0.3, -0.25) is 4.79 Å². The van der Waals surface area contributed by atoms with E-state index in [1.165, 1.54) is 12.1 Å². The molecule has 0 saturated carbocycles. The van der Waals surface area contributed by atoms with Crippen LogP contribution in [0.25, 0.3) is 0 Å². The number of hydrogen-bond donors (Lipinski definition) is 1. The Kier molecular flexibility index (Phi) is 4.30. The van der Waals surface area contributed by atoms with E-state index in [0.29, 0.717) is 22.6 Å². The number of carbonyl (C=O) groups excluding carboxylic acids is 1. The Labute approximate surface area is 126 Å². The molecule has 3 nitrogen and oxygen atoms in total. The van der Waals surface area contributed by atoms with E-state index in [1.807, 2.05) is 0 Å². The van der Waals surface area contributed by atoms with Crippen molar-refractivity contribution in [3.63, 3.8) is 0 Å². The topological polar surface area (TPSA) is 42.2 Å². The minimum absolute atomic E-state index is 0.153. The van der Waals surface area contributed by atoms with Gasteiger partial charge in [-0.25, -0.2) is 0 Å². The first-order valence-corrected chi connectivity index (χ1v) is 6.71. The molecule has 0 unspecified atom stereocenters. The summed E-state index contributed by atoms with van der Waals surface area (Å²) in [6, 6.07) is 4.70. The molecular formula is C16H16F3NO2. The van der Waals surface area contributed by atoms with Crippen LogP contribution in [0.4, 0.5) is 13.2 Å². The first-order valence-electron chi connectivity index (χ1n) is 6.71. The SMILES string of the molecule is Cc1oc(C)c(C(=O)NCc2ccc(C(F)(F)F)cc2)c1C. The normalized spacial score (nSPS) is 11.5. The van der Waals surface area contributed by atoms with Gasteiger partial charge in [-0.05, 0) is 38.5 Å². The second kappa shape index (κ2) is 5.87. The van der Waals surface area contributed by atoms with Crippen molar-refractivity contribution in [2.24, 2.45) is 0 Å². The number of carbonyl (C=O) groups is 1. The van der Waals surface area contributed by atoms with E-state index in [-0.39, 0.29) is 12.5 Å². The van der Waals surface area contributed by atoms with E-state index in [4.69, 9.17) is 4.42 Å². The van der Waals surface area contributed by atoms with Crippen molar-refractivity contribution in [2.45, 2.75) is 33.5 Å². The van der Waals surface area contributed by atoms with Crippen LogP contribution in [-0.2, 0) is 12.7 Å². The van der Waals surface area contributed by atoms with E-state index in [0.717, 1.165) is 17.7 Å². The summed E-state index contributed by atoms with van der Waals surface area (Å²) in [5.74, 6) is 0.906. The van der Waals surface area contributed by atoms with Crippen molar-refractivity contribution >= 4 is 5.91 Å². The summed E-state index contributed by atoms with van der Waals surface area (Å²) in [6.07, 6.45) is -4.36. The Morgan fingerprint density at radius 2 is 1.68 bits per heavy atom. The predicted molar refractivity (Wildman–Crippen MR) is 75.5 cm³/mol. The summed E-state index contributed by atoms with van der Waals surface area (Å²) in [5.41, 5.74) is 1.13. The van der Waals surface area contributed by atoms with Crippen LogP contribution in [0.3, 0.4) is 0 Å². The van der Waals surface area contributed by atoms with Crippen LogP contribution >= 0.6 is 0 Å². The lowest BCUT2D eigenvalue weighted by atomic mass is 10.1. The third kappa shape index (κ3) is 3.32. The molecule has 0 fully saturated rings. The molecule has 2 rings (SSSR count). The molecule has 0 aliphatic rings. The molecule has 118 valence electrons. The fourth-order valence-electron chi connectivity index (χ4n) is 2.21. The molecule has 0 spiro atoms. The largest absolute Gasteiger partial charge is 0.466 e. The second-order valence-corrected chi connectivity index (χ2v) is 5.09. The van der Waals surface area contributed by atoms with Crippen LogP contribution in [0.15, 0.2) is 28.7 Å². The first kappa shape index (κ1) is 16.1. The number of alkyl halides is 3. The number of aryl methyl sites for hydroxylation is 2. The van der Waals surface area contributed by atoms with Gasteiger partial charge in [0, 0.05) is 12.1 Å². The van der Waals surface area contributed by atoms with Gasteiger partial charge in [0.25, 0.3) is 5.91 Å². The van der Waals surface area contributed by atoms with Gasteiger partial charge in [0.2, 0.25) is 0 Å². The number of amides is 1. The molecule has 22 heavy (non-hydrogen) atoms. The number of rotatable bonds is 3. The van der Waals surface area contributed by atoms with Gasteiger partial charge in [-0.1, -0.05) is 12.1 Å². The van der Waals surface area contributed by atoms with Crippen molar-refractivity contribution < 1.29 is 22.4 Å². The summed E-state index contributed by atoms with van der Waals surface area (Å²) in [6.45, 7) is 5.42. The zero-order chi connectivity index (χ0) is 16.5. The highest BCUT2D eigenvalue weighted by Gasteiger charge is 2.29. The predicted octanol–water partition coefficient (Wildman–Crippen LogP) is 4.15. The number of hydrogen-bond acceptors (Lipinski definition) is 2. The summed E-state index contributed by atoms with van der Waals surface area (Å²) in [5, 5.41) is 2.69. The first-order chi connectivity index (χ1) is 10.2. The lowest BCUT2D eigenvalue weighted by molar-refractivity contribution is -0.137. The highest BCUT2D eigenvalue weighted by atomic mass is 19.4. The van der Waals surface area contributed by atoms with Crippen molar-refractivity contribution in [3.05, 3.63) is 58.0 Å². The van der Waals surface area contributed by atoms with E-state index in [2.05, 4.69) is 5.32 Å². The lowest BCUT2D eigenvalue weighted by Gasteiger charge is -2.09.